The average molecular weight is 909 g/mol. The summed E-state index contributed by atoms with van der Waals surface area (Å²) in [5.74, 6) is 0. The fraction of sp³-hybridized carbons (Fsp3) is 0. The molecule has 0 radical (unpaired) electrons. The van der Waals surface area contributed by atoms with Crippen LogP contribution in [0.3, 0.4) is 0 Å². The van der Waals surface area contributed by atoms with E-state index in [9.17, 15) is 0 Å². The van der Waals surface area contributed by atoms with Crippen molar-refractivity contribution in [2.24, 2.45) is 0 Å². The molecule has 4 aliphatic heterocycles. The van der Waals surface area contributed by atoms with Crippen molar-refractivity contribution in [1.82, 2.24) is 0 Å². The number of hydrogen-bond donors (Lipinski definition) is 0. The van der Waals surface area contributed by atoms with Gasteiger partial charge in [0.2, 0.25) is 0 Å². The fourth-order valence-corrected chi connectivity index (χ4v) is 9.01. The van der Waals surface area contributed by atoms with Gasteiger partial charge in [0.05, 0.1) is 0 Å². The van der Waals surface area contributed by atoms with Crippen molar-refractivity contribution in [3.8, 4) is 22.3 Å². The molecule has 0 unspecified atom stereocenters. The first-order valence-electron chi connectivity index (χ1n) is 19.1. The summed E-state index contributed by atoms with van der Waals surface area (Å²) in [6.07, 6.45) is 0. The zero-order valence-electron chi connectivity index (χ0n) is 30.6. The topological polar surface area (TPSA) is 16.2 Å². The molecule has 8 aromatic carbocycles. The molecule has 0 aliphatic carbocycles. The molecular formula is C50H32BN5Pt. The third kappa shape index (κ3) is 5.14. The van der Waals surface area contributed by atoms with Crippen molar-refractivity contribution in [2.75, 3.05) is 24.4 Å². The SMILES string of the molecule is [Pt+4].[c-]1c(N2[CH-]N(c3ccccc3)c3ccccc32)ccc2c1N1B(c3ccccc3-2)c2ccccc2-c2ccc(N3[CH-]N(c4ccccc4)c4ccccc43)[c-]c21. The minimum Gasteiger partial charge on any atom is -0.493 e. The summed E-state index contributed by atoms with van der Waals surface area (Å²) in [6.45, 7) is 4.32. The second-order valence-corrected chi connectivity index (χ2v) is 14.5. The van der Waals surface area contributed by atoms with Gasteiger partial charge in [-0.25, -0.2) is 0 Å². The molecular weight excluding hydrogens is 876 g/mol. The molecule has 5 nitrogen and oxygen atoms in total. The number of anilines is 10. The third-order valence-electron chi connectivity index (χ3n) is 11.5. The van der Waals surface area contributed by atoms with Crippen LogP contribution in [0.15, 0.2) is 182 Å². The number of nitrogens with zero attached hydrogens (tertiary/aromatic N) is 5. The van der Waals surface area contributed by atoms with E-state index in [2.05, 4.69) is 232 Å². The Kier molecular flexibility index (Phi) is 7.91. The van der Waals surface area contributed by atoms with Gasteiger partial charge >= 0.3 is 27.9 Å². The molecule has 12 rings (SSSR count). The zero-order chi connectivity index (χ0) is 36.7. The molecule has 0 spiro atoms. The van der Waals surface area contributed by atoms with E-state index in [-0.39, 0.29) is 27.9 Å². The van der Waals surface area contributed by atoms with Gasteiger partial charge in [-0.3, -0.25) is 0 Å². The van der Waals surface area contributed by atoms with E-state index in [1.165, 1.54) is 22.1 Å². The number of benzene rings is 8. The molecule has 0 aromatic heterocycles. The van der Waals surface area contributed by atoms with Crippen LogP contribution in [0.2, 0.25) is 0 Å². The van der Waals surface area contributed by atoms with Gasteiger partial charge in [0, 0.05) is 34.1 Å². The Labute approximate surface area is 348 Å². The number of hydrogen-bond acceptors (Lipinski definition) is 5. The minimum atomic E-state index is -0.0632. The van der Waals surface area contributed by atoms with Crippen molar-refractivity contribution in [1.29, 1.82) is 0 Å². The Balaban J connectivity index is 0.00000374. The molecule has 4 heterocycles. The first-order valence-corrected chi connectivity index (χ1v) is 19.1. The maximum absolute atomic E-state index is 4.01. The average Bonchev–Trinajstić information content (AvgIpc) is 3.86. The van der Waals surface area contributed by atoms with Gasteiger partial charge in [-0.05, 0) is 48.5 Å². The van der Waals surface area contributed by atoms with E-state index >= 15 is 0 Å². The van der Waals surface area contributed by atoms with Crippen LogP contribution in [0.5, 0.6) is 0 Å². The fourth-order valence-electron chi connectivity index (χ4n) is 9.01. The van der Waals surface area contributed by atoms with E-state index in [0.717, 1.165) is 68.0 Å². The first-order chi connectivity index (χ1) is 27.8. The molecule has 4 aliphatic rings. The first kappa shape index (κ1) is 33.8. The summed E-state index contributed by atoms with van der Waals surface area (Å²) in [7, 11) is 0. The van der Waals surface area contributed by atoms with Crippen LogP contribution in [0.4, 0.5) is 56.9 Å². The van der Waals surface area contributed by atoms with Crippen molar-refractivity contribution in [3.05, 3.63) is 207 Å². The zero-order valence-corrected chi connectivity index (χ0v) is 32.9. The predicted octanol–water partition coefficient (Wildman–Crippen LogP) is 11.0. The normalized spacial score (nSPS) is 14.2. The summed E-state index contributed by atoms with van der Waals surface area (Å²) >= 11 is 0. The molecule has 0 saturated carbocycles. The smallest absolute Gasteiger partial charge is 0.493 e. The van der Waals surface area contributed by atoms with Crippen LogP contribution in [0.1, 0.15) is 0 Å². The van der Waals surface area contributed by atoms with Crippen molar-refractivity contribution < 1.29 is 21.1 Å². The number of rotatable bonds is 4. The summed E-state index contributed by atoms with van der Waals surface area (Å²) in [4.78, 5) is 11.6. The summed E-state index contributed by atoms with van der Waals surface area (Å²) in [6, 6.07) is 73.0. The Hall–Kier alpha value is -6.49. The van der Waals surface area contributed by atoms with E-state index < -0.39 is 0 Å². The summed E-state index contributed by atoms with van der Waals surface area (Å²) < 4.78 is 0. The molecule has 0 N–H and O–H groups in total. The van der Waals surface area contributed by atoms with Crippen LogP contribution >= 0.6 is 0 Å². The van der Waals surface area contributed by atoms with Crippen LogP contribution < -0.4 is 35.3 Å². The van der Waals surface area contributed by atoms with Crippen LogP contribution in [0, 0.1) is 25.5 Å². The second kappa shape index (κ2) is 13.3. The molecule has 8 aromatic rings. The van der Waals surface area contributed by atoms with E-state index in [1.54, 1.807) is 0 Å². The largest absolute Gasteiger partial charge is 4.00 e. The molecule has 7 heteroatoms. The van der Waals surface area contributed by atoms with Gasteiger partial charge < -0.3 is 24.4 Å². The Morgan fingerprint density at radius 2 is 0.719 bits per heavy atom. The van der Waals surface area contributed by atoms with Crippen LogP contribution in [0.25, 0.3) is 22.3 Å². The van der Waals surface area contributed by atoms with Crippen molar-refractivity contribution in [2.45, 2.75) is 0 Å². The van der Waals surface area contributed by atoms with Gasteiger partial charge in [0.1, 0.15) is 0 Å². The van der Waals surface area contributed by atoms with Crippen molar-refractivity contribution >= 4 is 74.6 Å². The molecule has 0 bridgehead atoms. The van der Waals surface area contributed by atoms with Gasteiger partial charge in [-0.2, -0.15) is 12.1 Å². The summed E-state index contributed by atoms with van der Waals surface area (Å²) in [5.41, 5.74) is 18.1. The third-order valence-corrected chi connectivity index (χ3v) is 11.5. The van der Waals surface area contributed by atoms with Crippen molar-refractivity contribution in [3.63, 3.8) is 0 Å². The summed E-state index contributed by atoms with van der Waals surface area (Å²) in [5, 5.41) is 0. The van der Waals surface area contributed by atoms with E-state index in [0.29, 0.717) is 0 Å². The molecule has 270 valence electrons. The second-order valence-electron chi connectivity index (χ2n) is 14.5. The maximum Gasteiger partial charge on any atom is 4.00 e. The number of para-hydroxylation sites is 6. The molecule has 0 fully saturated rings. The van der Waals surface area contributed by atoms with Gasteiger partial charge in [0.25, 0.3) is 0 Å². The Morgan fingerprint density at radius 1 is 0.351 bits per heavy atom. The minimum absolute atomic E-state index is 0. The quantitative estimate of drug-likeness (QED) is 0.129. The standard InChI is InChI=1S/C50H32BN5.Pt/c1-3-15-35(16-4-1)52-33-54(47-25-13-11-23-45(47)52)37-27-29-41-39-19-7-9-21-43(39)51-44-22-10-8-20-40(44)42-30-28-38(32-50(42)56(51)49(41)31-37)55-34-53(36-17-5-2-6-18-36)46-24-12-14-26-48(46)55;/h1-30,33-34H;/q-4;+4. The van der Waals surface area contributed by atoms with Crippen LogP contribution in [-0.2, 0) is 21.1 Å². The monoisotopic (exact) mass is 908 g/mol. The van der Waals surface area contributed by atoms with Gasteiger partial charge in [-0.1, -0.05) is 143 Å². The number of fused-ring (bicyclic) bond motifs is 13. The molecule has 0 amide bonds. The van der Waals surface area contributed by atoms with E-state index in [1.807, 2.05) is 0 Å². The van der Waals surface area contributed by atoms with Gasteiger partial charge in [0.15, 0.2) is 0 Å². The molecule has 0 atom stereocenters. The molecule has 57 heavy (non-hydrogen) atoms. The Morgan fingerprint density at radius 3 is 1.16 bits per heavy atom. The maximum atomic E-state index is 4.01. The predicted molar refractivity (Wildman–Crippen MR) is 232 cm³/mol. The van der Waals surface area contributed by atoms with Crippen LogP contribution in [-0.4, -0.2) is 6.85 Å². The van der Waals surface area contributed by atoms with Gasteiger partial charge in [-0.15, -0.1) is 60.1 Å². The van der Waals surface area contributed by atoms with E-state index in [4.69, 9.17) is 0 Å². The molecule has 0 saturated heterocycles. The Bertz CT molecular complexity index is 2640.